The highest BCUT2D eigenvalue weighted by Crippen LogP contribution is 2.19. The predicted molar refractivity (Wildman–Crippen MR) is 125 cm³/mol. The standard InChI is InChI=1S/C15H23NO3.C10H15NO/c1-15(2,3)11-16(14(18)19)10-9-13(17)12-7-5-4-6-8-12;1-11-8-7-10(12)9-5-3-2-4-6-9/h4-8,13,17H,9-11H2,1-3H3,(H,18,19);2-6,10-12H,7-8H2,1H3. The molecule has 0 heterocycles. The summed E-state index contributed by atoms with van der Waals surface area (Å²) in [6.07, 6.45) is -0.718. The van der Waals surface area contributed by atoms with Gasteiger partial charge in [0.05, 0.1) is 12.2 Å². The van der Waals surface area contributed by atoms with Gasteiger partial charge in [-0.3, -0.25) is 0 Å². The molecule has 0 saturated heterocycles. The number of carbonyl (C=O) groups is 1. The van der Waals surface area contributed by atoms with E-state index in [9.17, 15) is 15.0 Å². The Balaban J connectivity index is 0.000000343. The van der Waals surface area contributed by atoms with Crippen LogP contribution in [0, 0.1) is 5.41 Å². The van der Waals surface area contributed by atoms with E-state index in [0.717, 1.165) is 24.1 Å². The highest BCUT2D eigenvalue weighted by molar-refractivity contribution is 5.64. The molecule has 6 nitrogen and oxygen atoms in total. The summed E-state index contributed by atoms with van der Waals surface area (Å²) in [4.78, 5) is 12.5. The van der Waals surface area contributed by atoms with E-state index in [2.05, 4.69) is 5.32 Å². The van der Waals surface area contributed by atoms with Crippen LogP contribution in [0.15, 0.2) is 60.7 Å². The summed E-state index contributed by atoms with van der Waals surface area (Å²) < 4.78 is 0. The molecule has 172 valence electrons. The number of carboxylic acid groups (broad SMARTS) is 1. The maximum absolute atomic E-state index is 11.2. The molecule has 2 rings (SSSR count). The lowest BCUT2D eigenvalue weighted by Gasteiger charge is -2.28. The molecule has 4 N–H and O–H groups in total. The second-order valence-electron chi connectivity index (χ2n) is 8.80. The number of hydrogen-bond acceptors (Lipinski definition) is 4. The molecule has 0 radical (unpaired) electrons. The van der Waals surface area contributed by atoms with E-state index < -0.39 is 12.2 Å². The van der Waals surface area contributed by atoms with E-state index in [1.54, 1.807) is 0 Å². The lowest BCUT2D eigenvalue weighted by atomic mass is 9.96. The molecule has 0 aliphatic rings. The third kappa shape index (κ3) is 11.5. The first-order chi connectivity index (χ1) is 14.6. The molecule has 31 heavy (non-hydrogen) atoms. The third-order valence-corrected chi connectivity index (χ3v) is 4.64. The Morgan fingerprint density at radius 1 is 0.903 bits per heavy atom. The van der Waals surface area contributed by atoms with Crippen molar-refractivity contribution < 1.29 is 20.1 Å². The first-order valence-electron chi connectivity index (χ1n) is 10.7. The minimum atomic E-state index is -0.935. The van der Waals surface area contributed by atoms with Crippen molar-refractivity contribution in [1.82, 2.24) is 10.2 Å². The van der Waals surface area contributed by atoms with Crippen LogP contribution in [0.2, 0.25) is 0 Å². The number of nitrogens with zero attached hydrogens (tertiary/aromatic N) is 1. The second kappa shape index (κ2) is 13.8. The summed E-state index contributed by atoms with van der Waals surface area (Å²) in [5.41, 5.74) is 1.73. The van der Waals surface area contributed by atoms with Gasteiger partial charge in [-0.05, 0) is 43.0 Å². The Kier molecular flexibility index (Phi) is 11.9. The summed E-state index contributed by atoms with van der Waals surface area (Å²) in [5, 5.41) is 31.8. The number of amides is 1. The van der Waals surface area contributed by atoms with Crippen LogP contribution in [-0.2, 0) is 0 Å². The highest BCUT2D eigenvalue weighted by atomic mass is 16.4. The highest BCUT2D eigenvalue weighted by Gasteiger charge is 2.21. The van der Waals surface area contributed by atoms with Crippen LogP contribution in [-0.4, -0.2) is 53.0 Å². The minimum Gasteiger partial charge on any atom is -0.465 e. The molecule has 6 heteroatoms. The maximum Gasteiger partial charge on any atom is 0.407 e. The van der Waals surface area contributed by atoms with Gasteiger partial charge >= 0.3 is 6.09 Å². The molecule has 2 unspecified atom stereocenters. The van der Waals surface area contributed by atoms with Crippen LogP contribution in [0.3, 0.4) is 0 Å². The fourth-order valence-corrected chi connectivity index (χ4v) is 3.06. The van der Waals surface area contributed by atoms with Gasteiger partial charge in [0.15, 0.2) is 0 Å². The van der Waals surface area contributed by atoms with Gasteiger partial charge in [0.2, 0.25) is 0 Å². The van der Waals surface area contributed by atoms with Crippen molar-refractivity contribution in [2.24, 2.45) is 5.41 Å². The number of nitrogens with one attached hydrogen (secondary N) is 1. The largest absolute Gasteiger partial charge is 0.465 e. The van der Waals surface area contributed by atoms with Crippen molar-refractivity contribution in [3.8, 4) is 0 Å². The van der Waals surface area contributed by atoms with E-state index in [1.165, 1.54) is 4.90 Å². The van der Waals surface area contributed by atoms with Crippen LogP contribution in [0.25, 0.3) is 0 Å². The normalized spacial score (nSPS) is 13.0. The van der Waals surface area contributed by atoms with Gasteiger partial charge in [-0.25, -0.2) is 4.79 Å². The van der Waals surface area contributed by atoms with E-state index in [-0.39, 0.29) is 11.5 Å². The van der Waals surface area contributed by atoms with Gasteiger partial charge < -0.3 is 25.5 Å². The van der Waals surface area contributed by atoms with E-state index in [0.29, 0.717) is 19.5 Å². The Hall–Kier alpha value is -2.41. The number of benzene rings is 2. The fraction of sp³-hybridized carbons (Fsp3) is 0.480. The number of aliphatic hydroxyl groups is 2. The van der Waals surface area contributed by atoms with Crippen molar-refractivity contribution in [1.29, 1.82) is 0 Å². The first-order valence-corrected chi connectivity index (χ1v) is 10.7. The molecule has 2 atom stereocenters. The lowest BCUT2D eigenvalue weighted by molar-refractivity contribution is 0.106. The number of aliphatic hydroxyl groups excluding tert-OH is 2. The first kappa shape index (κ1) is 26.6. The molecule has 0 aliphatic heterocycles. The molecule has 0 saturated carbocycles. The molecule has 2 aromatic rings. The summed E-state index contributed by atoms with van der Waals surface area (Å²) in [5.74, 6) is 0. The van der Waals surface area contributed by atoms with E-state index in [4.69, 9.17) is 5.11 Å². The molecular weight excluding hydrogens is 392 g/mol. The third-order valence-electron chi connectivity index (χ3n) is 4.64. The summed E-state index contributed by atoms with van der Waals surface area (Å²) in [6.45, 7) is 7.63. The molecule has 0 fully saturated rings. The molecule has 2 aromatic carbocycles. The smallest absolute Gasteiger partial charge is 0.407 e. The molecular formula is C25H38N2O4. The van der Waals surface area contributed by atoms with Gasteiger partial charge in [0.1, 0.15) is 0 Å². The molecule has 0 spiro atoms. The van der Waals surface area contributed by atoms with Gasteiger partial charge in [-0.1, -0.05) is 81.4 Å². The molecule has 0 bridgehead atoms. The van der Waals surface area contributed by atoms with Crippen molar-refractivity contribution in [2.75, 3.05) is 26.7 Å². The zero-order valence-electron chi connectivity index (χ0n) is 19.2. The molecule has 0 aromatic heterocycles. The van der Waals surface area contributed by atoms with Crippen LogP contribution in [0.4, 0.5) is 4.79 Å². The fourth-order valence-electron chi connectivity index (χ4n) is 3.06. The summed E-state index contributed by atoms with van der Waals surface area (Å²) in [7, 11) is 1.89. The average molecular weight is 431 g/mol. The Labute approximate surface area is 186 Å². The quantitative estimate of drug-likeness (QED) is 0.471. The van der Waals surface area contributed by atoms with Crippen molar-refractivity contribution >= 4 is 6.09 Å². The Morgan fingerprint density at radius 2 is 1.35 bits per heavy atom. The minimum absolute atomic E-state index is 0.0872. The van der Waals surface area contributed by atoms with Crippen LogP contribution >= 0.6 is 0 Å². The van der Waals surface area contributed by atoms with Crippen LogP contribution in [0.5, 0.6) is 0 Å². The van der Waals surface area contributed by atoms with Gasteiger partial charge in [0, 0.05) is 13.1 Å². The Morgan fingerprint density at radius 3 is 1.74 bits per heavy atom. The molecule has 1 amide bonds. The Bertz CT molecular complexity index is 732. The van der Waals surface area contributed by atoms with Crippen LogP contribution in [0.1, 0.15) is 56.9 Å². The lowest BCUT2D eigenvalue weighted by Crippen LogP contribution is -2.37. The van der Waals surface area contributed by atoms with Crippen LogP contribution < -0.4 is 5.32 Å². The van der Waals surface area contributed by atoms with E-state index in [1.807, 2.05) is 88.5 Å². The van der Waals surface area contributed by atoms with Crippen molar-refractivity contribution in [3.63, 3.8) is 0 Å². The van der Waals surface area contributed by atoms with Gasteiger partial charge in [-0.15, -0.1) is 0 Å². The zero-order chi connectivity index (χ0) is 23.3. The number of rotatable bonds is 9. The topological polar surface area (TPSA) is 93.0 Å². The second-order valence-corrected chi connectivity index (χ2v) is 8.80. The summed E-state index contributed by atoms with van der Waals surface area (Å²) >= 11 is 0. The predicted octanol–water partition coefficient (Wildman–Crippen LogP) is 4.47. The summed E-state index contributed by atoms with van der Waals surface area (Å²) in [6, 6.07) is 19.0. The van der Waals surface area contributed by atoms with Gasteiger partial charge in [-0.2, -0.15) is 0 Å². The average Bonchev–Trinajstić information content (AvgIpc) is 2.75. The zero-order valence-corrected chi connectivity index (χ0v) is 19.2. The SMILES string of the molecule is CC(C)(C)CN(CCC(O)c1ccccc1)C(=O)O.CNCCC(O)c1ccccc1. The van der Waals surface area contributed by atoms with Crippen molar-refractivity contribution in [3.05, 3.63) is 71.8 Å². The number of hydrogen-bond donors (Lipinski definition) is 4. The van der Waals surface area contributed by atoms with E-state index >= 15 is 0 Å². The van der Waals surface area contributed by atoms with Gasteiger partial charge in [0.25, 0.3) is 0 Å². The molecule has 0 aliphatic carbocycles. The monoisotopic (exact) mass is 430 g/mol. The maximum atomic E-state index is 11.2. The van der Waals surface area contributed by atoms with Crippen molar-refractivity contribution in [2.45, 2.75) is 45.8 Å².